The zero-order valence-corrected chi connectivity index (χ0v) is 19.1. The van der Waals surface area contributed by atoms with E-state index in [9.17, 15) is 4.79 Å². The summed E-state index contributed by atoms with van der Waals surface area (Å²) in [4.78, 5) is 10.4. The Bertz CT molecular complexity index is 322. The molecular formula is C21H44O5Si. The van der Waals surface area contributed by atoms with Crippen molar-refractivity contribution in [2.75, 3.05) is 19.8 Å². The molecule has 0 aromatic carbocycles. The van der Waals surface area contributed by atoms with Gasteiger partial charge < -0.3 is 18.4 Å². The van der Waals surface area contributed by atoms with Gasteiger partial charge in [0.25, 0.3) is 0 Å². The summed E-state index contributed by atoms with van der Waals surface area (Å²) >= 11 is 0. The molecule has 0 aliphatic heterocycles. The second-order valence-corrected chi connectivity index (χ2v) is 9.85. The molecule has 1 N–H and O–H groups in total. The number of carboxylic acid groups (broad SMARTS) is 1. The number of carbonyl (C=O) groups is 1. The molecule has 5 nitrogen and oxygen atoms in total. The Hall–Kier alpha value is -0.433. The minimum Gasteiger partial charge on any atom is -0.481 e. The predicted octanol–water partition coefficient (Wildman–Crippen LogP) is 6.19. The van der Waals surface area contributed by atoms with Crippen molar-refractivity contribution < 1.29 is 23.2 Å². The topological polar surface area (TPSA) is 65.0 Å². The van der Waals surface area contributed by atoms with Crippen LogP contribution in [-0.4, -0.2) is 39.7 Å². The van der Waals surface area contributed by atoms with Gasteiger partial charge in [-0.05, 0) is 33.6 Å². The van der Waals surface area contributed by atoms with Crippen LogP contribution >= 0.6 is 0 Å². The molecule has 0 saturated carbocycles. The molecule has 27 heavy (non-hydrogen) atoms. The van der Waals surface area contributed by atoms with E-state index in [4.69, 9.17) is 18.4 Å². The maximum atomic E-state index is 10.4. The molecule has 0 atom stereocenters. The molecule has 0 radical (unpaired) electrons. The molecular weight excluding hydrogens is 360 g/mol. The number of unbranched alkanes of at least 4 members (excludes halogenated alkanes) is 11. The maximum Gasteiger partial charge on any atom is 0.500 e. The molecule has 0 fully saturated rings. The molecule has 6 heteroatoms. The first-order valence-corrected chi connectivity index (χ1v) is 13.2. The second-order valence-electron chi connectivity index (χ2n) is 7.12. The van der Waals surface area contributed by atoms with Gasteiger partial charge in [-0.15, -0.1) is 0 Å². The summed E-state index contributed by atoms with van der Waals surface area (Å²) in [7, 11) is -2.43. The van der Waals surface area contributed by atoms with Crippen molar-refractivity contribution in [3.05, 3.63) is 0 Å². The largest absolute Gasteiger partial charge is 0.500 e. The molecule has 0 unspecified atom stereocenters. The molecule has 0 aliphatic carbocycles. The van der Waals surface area contributed by atoms with Gasteiger partial charge in [0.1, 0.15) is 0 Å². The summed E-state index contributed by atoms with van der Waals surface area (Å²) < 4.78 is 17.7. The normalized spacial score (nSPS) is 11.8. The molecule has 162 valence electrons. The Labute approximate surface area is 168 Å². The van der Waals surface area contributed by atoms with Gasteiger partial charge in [-0.3, -0.25) is 4.79 Å². The Morgan fingerprint density at radius 2 is 0.963 bits per heavy atom. The zero-order chi connectivity index (χ0) is 20.2. The lowest BCUT2D eigenvalue weighted by Gasteiger charge is -2.28. The highest BCUT2D eigenvalue weighted by molar-refractivity contribution is 6.60. The zero-order valence-electron chi connectivity index (χ0n) is 18.1. The summed E-state index contributed by atoms with van der Waals surface area (Å²) in [5.74, 6) is -0.670. The highest BCUT2D eigenvalue weighted by Gasteiger charge is 2.39. The van der Waals surface area contributed by atoms with Crippen molar-refractivity contribution in [1.29, 1.82) is 0 Å². The van der Waals surface area contributed by atoms with Crippen molar-refractivity contribution in [2.24, 2.45) is 0 Å². The van der Waals surface area contributed by atoms with Crippen LogP contribution in [0.25, 0.3) is 0 Å². The summed E-state index contributed by atoms with van der Waals surface area (Å²) in [6, 6.07) is 0.935. The van der Waals surface area contributed by atoms with Gasteiger partial charge >= 0.3 is 14.8 Å². The second kappa shape index (κ2) is 18.9. The van der Waals surface area contributed by atoms with Crippen LogP contribution in [0.4, 0.5) is 0 Å². The van der Waals surface area contributed by atoms with Crippen molar-refractivity contribution in [1.82, 2.24) is 0 Å². The van der Waals surface area contributed by atoms with Crippen LogP contribution in [0.15, 0.2) is 0 Å². The Morgan fingerprint density at radius 3 is 1.30 bits per heavy atom. The fraction of sp³-hybridized carbons (Fsp3) is 0.952. The molecule has 0 heterocycles. The summed E-state index contributed by atoms with van der Waals surface area (Å²) in [6.45, 7) is 8.00. The van der Waals surface area contributed by atoms with Crippen LogP contribution in [0.3, 0.4) is 0 Å². The van der Waals surface area contributed by atoms with E-state index in [1.165, 1.54) is 57.8 Å². The number of aliphatic carboxylic acids is 1. The lowest BCUT2D eigenvalue weighted by molar-refractivity contribution is -0.137. The molecule has 0 amide bonds. The van der Waals surface area contributed by atoms with E-state index in [-0.39, 0.29) is 0 Å². The first kappa shape index (κ1) is 26.6. The van der Waals surface area contributed by atoms with E-state index < -0.39 is 14.8 Å². The smallest absolute Gasteiger partial charge is 0.481 e. The Kier molecular flexibility index (Phi) is 18.6. The van der Waals surface area contributed by atoms with Crippen LogP contribution in [0.2, 0.25) is 6.04 Å². The van der Waals surface area contributed by atoms with Crippen LogP contribution in [0.1, 0.15) is 104 Å². The van der Waals surface area contributed by atoms with Crippen LogP contribution in [0, 0.1) is 0 Å². The lowest BCUT2D eigenvalue weighted by Crippen LogP contribution is -2.45. The number of carboxylic acids is 1. The predicted molar refractivity (Wildman–Crippen MR) is 113 cm³/mol. The first-order chi connectivity index (χ1) is 13.1. The average molecular weight is 405 g/mol. The minimum absolute atomic E-state index is 0.323. The van der Waals surface area contributed by atoms with Crippen molar-refractivity contribution in [3.8, 4) is 0 Å². The average Bonchev–Trinajstić information content (AvgIpc) is 2.62. The fourth-order valence-corrected chi connectivity index (χ4v) is 6.07. The molecule has 0 bridgehead atoms. The third kappa shape index (κ3) is 16.2. The van der Waals surface area contributed by atoms with Crippen LogP contribution in [-0.2, 0) is 18.1 Å². The van der Waals surface area contributed by atoms with Crippen molar-refractivity contribution in [2.45, 2.75) is 110 Å². The van der Waals surface area contributed by atoms with E-state index in [1.54, 1.807) is 0 Å². The van der Waals surface area contributed by atoms with Gasteiger partial charge in [-0.2, -0.15) is 0 Å². The van der Waals surface area contributed by atoms with Gasteiger partial charge in [0.2, 0.25) is 0 Å². The highest BCUT2D eigenvalue weighted by atomic mass is 28.4. The Morgan fingerprint density at radius 1 is 0.630 bits per heavy atom. The maximum absolute atomic E-state index is 10.4. The minimum atomic E-state index is -2.43. The van der Waals surface area contributed by atoms with Gasteiger partial charge in [0.05, 0.1) is 0 Å². The van der Waals surface area contributed by atoms with E-state index in [2.05, 4.69) is 0 Å². The SMILES string of the molecule is CCO[Si](CCCCCCCCCCCCCCC(=O)O)(OCC)OCC. The standard InChI is InChI=1S/C21H44O5Si/c1-4-24-27(25-5-2,26-6-3)20-18-16-14-12-10-8-7-9-11-13-15-17-19-21(22)23/h4-20H2,1-3H3,(H,22,23). The Balaban J connectivity index is 3.53. The van der Waals surface area contributed by atoms with Gasteiger partial charge in [0.15, 0.2) is 0 Å². The highest BCUT2D eigenvalue weighted by Crippen LogP contribution is 2.21. The number of hydrogen-bond acceptors (Lipinski definition) is 4. The monoisotopic (exact) mass is 404 g/mol. The van der Waals surface area contributed by atoms with Crippen molar-refractivity contribution >= 4 is 14.8 Å². The summed E-state index contributed by atoms with van der Waals surface area (Å²) in [5.41, 5.74) is 0. The number of hydrogen-bond donors (Lipinski definition) is 1. The third-order valence-electron chi connectivity index (χ3n) is 4.72. The quantitative estimate of drug-likeness (QED) is 0.182. The van der Waals surface area contributed by atoms with Crippen LogP contribution in [0.5, 0.6) is 0 Å². The van der Waals surface area contributed by atoms with Gasteiger partial charge in [-0.1, -0.05) is 64.2 Å². The van der Waals surface area contributed by atoms with E-state index in [0.717, 1.165) is 25.3 Å². The van der Waals surface area contributed by atoms with E-state index in [1.807, 2.05) is 20.8 Å². The molecule has 0 spiro atoms. The third-order valence-corrected chi connectivity index (χ3v) is 7.87. The first-order valence-electron chi connectivity index (χ1n) is 11.2. The molecule has 0 aromatic rings. The molecule has 0 aliphatic rings. The lowest BCUT2D eigenvalue weighted by atomic mass is 10.0. The molecule has 0 aromatic heterocycles. The van der Waals surface area contributed by atoms with E-state index >= 15 is 0 Å². The molecule has 0 rings (SSSR count). The van der Waals surface area contributed by atoms with Gasteiger partial charge in [0, 0.05) is 32.3 Å². The fourth-order valence-electron chi connectivity index (χ4n) is 3.39. The summed E-state index contributed by atoms with van der Waals surface area (Å²) in [6.07, 6.45) is 14.8. The van der Waals surface area contributed by atoms with E-state index in [0.29, 0.717) is 26.2 Å². The van der Waals surface area contributed by atoms with Gasteiger partial charge in [-0.25, -0.2) is 0 Å². The summed E-state index contributed by atoms with van der Waals surface area (Å²) in [5, 5.41) is 8.59. The molecule has 0 saturated heterocycles. The number of rotatable bonds is 21. The van der Waals surface area contributed by atoms with Crippen LogP contribution < -0.4 is 0 Å². The van der Waals surface area contributed by atoms with Crippen molar-refractivity contribution in [3.63, 3.8) is 0 Å².